The van der Waals surface area contributed by atoms with Crippen molar-refractivity contribution < 1.29 is 4.74 Å². The highest BCUT2D eigenvalue weighted by atomic mass is 16.5. The van der Waals surface area contributed by atoms with Gasteiger partial charge >= 0.3 is 0 Å². The van der Waals surface area contributed by atoms with Crippen LogP contribution in [0, 0.1) is 0 Å². The van der Waals surface area contributed by atoms with Gasteiger partial charge in [-0.1, -0.05) is 0 Å². The average Bonchev–Trinajstić information content (AvgIpc) is 2.65. The van der Waals surface area contributed by atoms with Gasteiger partial charge in [-0.2, -0.15) is 0 Å². The highest BCUT2D eigenvalue weighted by Gasteiger charge is 2.04. The summed E-state index contributed by atoms with van der Waals surface area (Å²) < 4.78 is 7.63. The number of nitrogens with one attached hydrogen (secondary N) is 1. The van der Waals surface area contributed by atoms with Crippen LogP contribution in [0.15, 0.2) is 12.5 Å². The average molecular weight is 225 g/mol. The first-order chi connectivity index (χ1) is 7.61. The first-order valence-corrected chi connectivity index (χ1v) is 5.94. The molecule has 1 rings (SSSR count). The number of aromatic nitrogens is 2. The van der Waals surface area contributed by atoms with Gasteiger partial charge in [0.1, 0.15) is 0 Å². The Kier molecular flexibility index (Phi) is 5.49. The first-order valence-electron chi connectivity index (χ1n) is 5.94. The van der Waals surface area contributed by atoms with Gasteiger partial charge in [-0.25, -0.2) is 4.98 Å². The maximum atomic E-state index is 5.45. The molecule has 0 radical (unpaired) electrons. The number of hydrogen-bond acceptors (Lipinski definition) is 3. The zero-order valence-electron chi connectivity index (χ0n) is 10.7. The minimum atomic E-state index is 0.308. The fraction of sp³-hybridized carbons (Fsp3) is 0.750. The highest BCUT2D eigenvalue weighted by Crippen LogP contribution is 2.07. The van der Waals surface area contributed by atoms with Crippen molar-refractivity contribution in [1.82, 2.24) is 14.9 Å². The first kappa shape index (κ1) is 13.2. The van der Waals surface area contributed by atoms with E-state index in [1.165, 1.54) is 5.69 Å². The summed E-state index contributed by atoms with van der Waals surface area (Å²) in [5.74, 6) is 0. The molecule has 0 saturated heterocycles. The van der Waals surface area contributed by atoms with Crippen LogP contribution in [0.25, 0.3) is 0 Å². The summed E-state index contributed by atoms with van der Waals surface area (Å²) >= 11 is 0. The summed E-state index contributed by atoms with van der Waals surface area (Å²) in [5.41, 5.74) is 1.22. The van der Waals surface area contributed by atoms with E-state index in [0.717, 1.165) is 19.7 Å². The Morgan fingerprint density at radius 2 is 2.12 bits per heavy atom. The lowest BCUT2D eigenvalue weighted by Crippen LogP contribution is -2.22. The Hall–Kier alpha value is -0.870. The zero-order valence-corrected chi connectivity index (χ0v) is 10.7. The molecule has 92 valence electrons. The molecular formula is C12H23N3O. The van der Waals surface area contributed by atoms with Gasteiger partial charge in [0.15, 0.2) is 0 Å². The number of ether oxygens (including phenoxy) is 1. The van der Waals surface area contributed by atoms with E-state index in [4.69, 9.17) is 4.74 Å². The second-order valence-corrected chi connectivity index (χ2v) is 4.48. The Bertz CT molecular complexity index is 294. The third-order valence-corrected chi connectivity index (χ3v) is 2.34. The van der Waals surface area contributed by atoms with E-state index in [1.807, 2.05) is 26.4 Å². The molecule has 1 aromatic rings. The Labute approximate surface area is 98.0 Å². The van der Waals surface area contributed by atoms with Gasteiger partial charge in [0, 0.05) is 25.3 Å². The molecule has 4 nitrogen and oxygen atoms in total. The van der Waals surface area contributed by atoms with Gasteiger partial charge in [-0.15, -0.1) is 0 Å². The van der Waals surface area contributed by atoms with Crippen LogP contribution in [0.5, 0.6) is 0 Å². The molecule has 1 aromatic heterocycles. The molecule has 0 aromatic carbocycles. The lowest BCUT2D eigenvalue weighted by molar-refractivity contribution is 0.0806. The van der Waals surface area contributed by atoms with Crippen LogP contribution in [0.1, 0.15) is 39.4 Å². The maximum absolute atomic E-state index is 5.45. The molecule has 1 heterocycles. The van der Waals surface area contributed by atoms with Crippen LogP contribution >= 0.6 is 0 Å². The molecule has 1 N–H and O–H groups in total. The van der Waals surface area contributed by atoms with Gasteiger partial charge in [0.2, 0.25) is 0 Å². The van der Waals surface area contributed by atoms with Crippen LogP contribution in [0.2, 0.25) is 0 Å². The van der Waals surface area contributed by atoms with Crippen molar-refractivity contribution in [2.75, 3.05) is 13.2 Å². The second kappa shape index (κ2) is 6.66. The van der Waals surface area contributed by atoms with Crippen molar-refractivity contribution in [3.63, 3.8) is 0 Å². The predicted molar refractivity (Wildman–Crippen MR) is 65.4 cm³/mol. The summed E-state index contributed by atoms with van der Waals surface area (Å²) in [6.45, 7) is 10.9. The van der Waals surface area contributed by atoms with Crippen molar-refractivity contribution in [1.29, 1.82) is 0 Å². The van der Waals surface area contributed by atoms with E-state index < -0.39 is 0 Å². The molecule has 0 bridgehead atoms. The maximum Gasteiger partial charge on any atom is 0.0951 e. The van der Waals surface area contributed by atoms with Crippen LogP contribution in [0.3, 0.4) is 0 Å². The van der Waals surface area contributed by atoms with Gasteiger partial charge in [-0.05, 0) is 27.7 Å². The van der Waals surface area contributed by atoms with E-state index >= 15 is 0 Å². The second-order valence-electron chi connectivity index (χ2n) is 4.48. The largest absolute Gasteiger partial charge is 0.377 e. The molecule has 0 fully saturated rings. The molecule has 0 aliphatic rings. The van der Waals surface area contributed by atoms with Crippen LogP contribution in [-0.2, 0) is 11.3 Å². The van der Waals surface area contributed by atoms with Crippen molar-refractivity contribution in [2.24, 2.45) is 0 Å². The Morgan fingerprint density at radius 3 is 2.75 bits per heavy atom. The molecule has 0 unspecified atom stereocenters. The molecule has 0 amide bonds. The van der Waals surface area contributed by atoms with E-state index in [9.17, 15) is 0 Å². The molecule has 0 aliphatic carbocycles. The van der Waals surface area contributed by atoms with E-state index in [-0.39, 0.29) is 0 Å². The summed E-state index contributed by atoms with van der Waals surface area (Å²) in [6.07, 6.45) is 4.10. The molecule has 0 saturated carbocycles. The Balaban J connectivity index is 2.24. The topological polar surface area (TPSA) is 39.1 Å². The van der Waals surface area contributed by atoms with Crippen LogP contribution in [-0.4, -0.2) is 28.8 Å². The highest BCUT2D eigenvalue weighted by molar-refractivity contribution is 4.99. The Morgan fingerprint density at radius 1 is 1.38 bits per heavy atom. The molecule has 4 heteroatoms. The number of imidazole rings is 1. The number of hydrogen-bond donors (Lipinski definition) is 1. The summed E-state index contributed by atoms with van der Waals surface area (Å²) in [4.78, 5) is 4.16. The van der Waals surface area contributed by atoms with Gasteiger partial charge in [0.05, 0.1) is 24.7 Å². The van der Waals surface area contributed by atoms with E-state index in [0.29, 0.717) is 12.1 Å². The minimum absolute atomic E-state index is 0.308. The predicted octanol–water partition coefficient (Wildman–Crippen LogP) is 1.98. The monoisotopic (exact) mass is 225 g/mol. The molecule has 0 aliphatic heterocycles. The lowest BCUT2D eigenvalue weighted by atomic mass is 10.3. The number of nitrogens with zero attached hydrogens (tertiary/aromatic N) is 2. The van der Waals surface area contributed by atoms with Gasteiger partial charge in [-0.3, -0.25) is 0 Å². The third kappa shape index (κ3) is 4.33. The molecular weight excluding hydrogens is 202 g/mol. The zero-order chi connectivity index (χ0) is 12.0. The minimum Gasteiger partial charge on any atom is -0.377 e. The summed E-state index contributed by atoms with van der Waals surface area (Å²) in [6, 6.07) is 0.464. The smallest absolute Gasteiger partial charge is 0.0951 e. The van der Waals surface area contributed by atoms with Crippen LogP contribution < -0.4 is 5.32 Å². The van der Waals surface area contributed by atoms with Crippen molar-refractivity contribution in [3.05, 3.63) is 18.2 Å². The fourth-order valence-corrected chi connectivity index (χ4v) is 1.52. The molecule has 16 heavy (non-hydrogen) atoms. The van der Waals surface area contributed by atoms with Crippen molar-refractivity contribution in [2.45, 2.75) is 46.4 Å². The van der Waals surface area contributed by atoms with E-state index in [1.54, 1.807) is 0 Å². The summed E-state index contributed by atoms with van der Waals surface area (Å²) in [7, 11) is 0. The fourth-order valence-electron chi connectivity index (χ4n) is 1.52. The van der Waals surface area contributed by atoms with Crippen molar-refractivity contribution in [3.8, 4) is 0 Å². The summed E-state index contributed by atoms with van der Waals surface area (Å²) in [5, 5.41) is 3.35. The molecule has 0 spiro atoms. The standard InChI is InChI=1S/C12H23N3O/c1-10(2)15-9-14-8-12(15)7-13-5-6-16-11(3)4/h8-11,13H,5-7H2,1-4H3. The normalized spacial score (nSPS) is 11.6. The quantitative estimate of drug-likeness (QED) is 0.721. The SMILES string of the molecule is CC(C)OCCNCc1cncn1C(C)C. The van der Waals surface area contributed by atoms with Gasteiger partial charge < -0.3 is 14.6 Å². The lowest BCUT2D eigenvalue weighted by Gasteiger charge is -2.12. The van der Waals surface area contributed by atoms with E-state index in [2.05, 4.69) is 28.7 Å². The van der Waals surface area contributed by atoms with Crippen molar-refractivity contribution >= 4 is 0 Å². The van der Waals surface area contributed by atoms with Gasteiger partial charge in [0.25, 0.3) is 0 Å². The molecule has 0 atom stereocenters. The van der Waals surface area contributed by atoms with Crippen LogP contribution in [0.4, 0.5) is 0 Å². The third-order valence-electron chi connectivity index (χ3n) is 2.34. The number of rotatable bonds is 7.